The molecule has 2 aromatic rings. The fraction of sp³-hybridized carbons (Fsp3) is 0.333. The van der Waals surface area contributed by atoms with Crippen molar-refractivity contribution in [3.8, 4) is 0 Å². The number of benzene rings is 2. The Kier molecular flexibility index (Phi) is 7.39. The summed E-state index contributed by atoms with van der Waals surface area (Å²) in [5.74, 6) is -0.433. The van der Waals surface area contributed by atoms with E-state index in [0.29, 0.717) is 5.02 Å². The molecule has 0 spiro atoms. The molecule has 0 aliphatic heterocycles. The predicted octanol–water partition coefficient (Wildman–Crippen LogP) is 2.72. The molecule has 4 N–H and O–H groups in total. The lowest BCUT2D eigenvalue weighted by molar-refractivity contribution is -0.710. The number of aryl methyl sites for hydroxylation is 2. The van der Waals surface area contributed by atoms with Crippen LogP contribution in [0, 0.1) is 13.8 Å². The number of para-hydroxylation sites is 1. The second-order valence-electron chi connectivity index (χ2n) is 6.82. The molecule has 2 amide bonds. The van der Waals surface area contributed by atoms with Gasteiger partial charge in [0.05, 0.1) is 6.54 Å². The van der Waals surface area contributed by atoms with Gasteiger partial charge in [-0.2, -0.15) is 0 Å². The lowest BCUT2D eigenvalue weighted by atomic mass is 10.1. The molecule has 0 saturated heterocycles. The van der Waals surface area contributed by atoms with E-state index >= 15 is 0 Å². The number of nitrogens with two attached hydrogens (primary N) is 1. The summed E-state index contributed by atoms with van der Waals surface area (Å²) in [5, 5.41) is 8.18. The van der Waals surface area contributed by atoms with Crippen LogP contribution in [0.4, 0.5) is 5.69 Å². The van der Waals surface area contributed by atoms with Crippen LogP contribution in [0.1, 0.15) is 36.6 Å². The van der Waals surface area contributed by atoms with Gasteiger partial charge in [-0.1, -0.05) is 48.0 Å². The molecule has 0 radical (unpaired) electrons. The minimum Gasteiger partial charge on any atom is -0.342 e. The number of carbonyl (C=O) groups excluding carboxylic acids is 2. The quantitative estimate of drug-likeness (QED) is 0.682. The van der Waals surface area contributed by atoms with E-state index in [1.54, 1.807) is 0 Å². The van der Waals surface area contributed by atoms with Gasteiger partial charge in [-0.25, -0.2) is 0 Å². The Balaban J connectivity index is 1.86. The number of halogens is 1. The maximum atomic E-state index is 12.3. The fourth-order valence-electron chi connectivity index (χ4n) is 2.99. The summed E-state index contributed by atoms with van der Waals surface area (Å²) >= 11 is 6.21. The van der Waals surface area contributed by atoms with Gasteiger partial charge in [0.25, 0.3) is 5.91 Å². The monoisotopic (exact) mass is 388 g/mol. The molecule has 5 nitrogen and oxygen atoms in total. The molecule has 2 atom stereocenters. The molecule has 2 aromatic carbocycles. The third kappa shape index (κ3) is 5.81. The molecule has 0 aliphatic carbocycles. The Morgan fingerprint density at radius 2 is 1.67 bits per heavy atom. The van der Waals surface area contributed by atoms with Crippen LogP contribution in [-0.4, -0.2) is 24.4 Å². The molecule has 0 heterocycles. The molecule has 0 fully saturated rings. The van der Waals surface area contributed by atoms with Crippen molar-refractivity contribution in [2.24, 2.45) is 0 Å². The van der Waals surface area contributed by atoms with Gasteiger partial charge in [0.15, 0.2) is 6.04 Å². The van der Waals surface area contributed by atoms with Gasteiger partial charge in [0.2, 0.25) is 5.91 Å². The Bertz CT molecular complexity index is 803. The van der Waals surface area contributed by atoms with Gasteiger partial charge in [-0.15, -0.1) is 0 Å². The normalized spacial score (nSPS) is 12.9. The highest BCUT2D eigenvalue weighted by molar-refractivity contribution is 6.31. The van der Waals surface area contributed by atoms with Gasteiger partial charge >= 0.3 is 0 Å². The van der Waals surface area contributed by atoms with E-state index in [2.05, 4.69) is 10.6 Å². The zero-order chi connectivity index (χ0) is 20.0. The van der Waals surface area contributed by atoms with Crippen LogP contribution in [0.2, 0.25) is 5.02 Å². The van der Waals surface area contributed by atoms with Crippen molar-refractivity contribution in [1.82, 2.24) is 5.32 Å². The summed E-state index contributed by atoms with van der Waals surface area (Å²) in [6.45, 7) is 7.62. The van der Waals surface area contributed by atoms with Crippen molar-refractivity contribution >= 4 is 29.1 Å². The number of nitrogens with one attached hydrogen (secondary N) is 2. The lowest BCUT2D eigenvalue weighted by Crippen LogP contribution is -2.92. The van der Waals surface area contributed by atoms with E-state index in [0.717, 1.165) is 22.4 Å². The summed E-state index contributed by atoms with van der Waals surface area (Å²) in [5.41, 5.74) is 3.75. The van der Waals surface area contributed by atoms with E-state index in [-0.39, 0.29) is 30.4 Å². The van der Waals surface area contributed by atoms with Gasteiger partial charge in [-0.3, -0.25) is 9.59 Å². The van der Waals surface area contributed by atoms with E-state index in [1.165, 1.54) is 0 Å². The summed E-state index contributed by atoms with van der Waals surface area (Å²) in [6.07, 6.45) is 0. The summed E-state index contributed by atoms with van der Waals surface area (Å²) in [6, 6.07) is 13.1. The number of hydrogen-bond acceptors (Lipinski definition) is 2. The second kappa shape index (κ2) is 9.53. The highest BCUT2D eigenvalue weighted by atomic mass is 35.5. The number of carbonyl (C=O) groups is 2. The average molecular weight is 389 g/mol. The highest BCUT2D eigenvalue weighted by Gasteiger charge is 2.22. The SMILES string of the molecule is Cc1cccc(C)c1NC(=O)CNC(=O)[C@@H](C)[NH2+][C@H](C)c1ccccc1Cl. The maximum Gasteiger partial charge on any atom is 0.278 e. The van der Waals surface area contributed by atoms with E-state index in [9.17, 15) is 9.59 Å². The molecule has 0 bridgehead atoms. The van der Waals surface area contributed by atoms with Crippen LogP contribution >= 0.6 is 11.6 Å². The Hall–Kier alpha value is -2.37. The minimum atomic E-state index is -0.343. The van der Waals surface area contributed by atoms with Crippen LogP contribution in [0.25, 0.3) is 0 Å². The lowest BCUT2D eigenvalue weighted by Gasteiger charge is -2.18. The van der Waals surface area contributed by atoms with Gasteiger partial charge in [-0.05, 0) is 44.9 Å². The molecule has 0 unspecified atom stereocenters. The predicted molar refractivity (Wildman–Crippen MR) is 109 cm³/mol. The van der Waals surface area contributed by atoms with Crippen LogP contribution in [0.3, 0.4) is 0 Å². The molecule has 2 rings (SSSR count). The first-order chi connectivity index (χ1) is 12.8. The Morgan fingerprint density at radius 3 is 2.30 bits per heavy atom. The number of quaternary nitrogens is 1. The first-order valence-corrected chi connectivity index (χ1v) is 9.40. The molecule has 6 heteroatoms. The summed E-state index contributed by atoms with van der Waals surface area (Å²) < 4.78 is 0. The van der Waals surface area contributed by atoms with E-state index in [1.807, 2.05) is 75.5 Å². The molecule has 0 aromatic heterocycles. The third-order valence-electron chi connectivity index (χ3n) is 4.56. The number of rotatable bonds is 7. The van der Waals surface area contributed by atoms with Gasteiger partial charge < -0.3 is 16.0 Å². The van der Waals surface area contributed by atoms with Crippen LogP contribution in [-0.2, 0) is 9.59 Å². The molecular weight excluding hydrogens is 362 g/mol. The van der Waals surface area contributed by atoms with Crippen molar-refractivity contribution in [2.75, 3.05) is 11.9 Å². The standard InChI is InChI=1S/C21H26ClN3O2/c1-13-8-7-9-14(2)20(13)25-19(26)12-23-21(27)16(4)24-15(3)17-10-5-6-11-18(17)22/h5-11,15-16,24H,12H2,1-4H3,(H,23,27)(H,25,26)/p+1/t15-,16-/m1/s1. The zero-order valence-electron chi connectivity index (χ0n) is 16.2. The van der Waals surface area contributed by atoms with E-state index in [4.69, 9.17) is 11.6 Å². The fourth-order valence-corrected chi connectivity index (χ4v) is 3.30. The maximum absolute atomic E-state index is 12.3. The molecule has 0 aliphatic rings. The van der Waals surface area contributed by atoms with Gasteiger partial charge in [0.1, 0.15) is 6.04 Å². The number of amides is 2. The van der Waals surface area contributed by atoms with Crippen molar-refractivity contribution in [1.29, 1.82) is 0 Å². The highest BCUT2D eigenvalue weighted by Crippen LogP contribution is 2.20. The third-order valence-corrected chi connectivity index (χ3v) is 4.90. The zero-order valence-corrected chi connectivity index (χ0v) is 16.9. The molecule has 144 valence electrons. The van der Waals surface area contributed by atoms with Gasteiger partial charge in [0, 0.05) is 16.3 Å². The van der Waals surface area contributed by atoms with Crippen LogP contribution in [0.5, 0.6) is 0 Å². The molecule has 0 saturated carbocycles. The number of hydrogen-bond donors (Lipinski definition) is 3. The first-order valence-electron chi connectivity index (χ1n) is 9.02. The Morgan fingerprint density at radius 1 is 1.04 bits per heavy atom. The van der Waals surface area contributed by atoms with Crippen molar-refractivity contribution in [2.45, 2.75) is 39.8 Å². The molecular formula is C21H27ClN3O2+. The Labute approximate surface area is 165 Å². The average Bonchev–Trinajstić information content (AvgIpc) is 2.63. The van der Waals surface area contributed by atoms with Crippen LogP contribution < -0.4 is 16.0 Å². The summed E-state index contributed by atoms with van der Waals surface area (Å²) in [7, 11) is 0. The number of anilines is 1. The van der Waals surface area contributed by atoms with Crippen molar-refractivity contribution in [3.05, 3.63) is 64.2 Å². The summed E-state index contributed by atoms with van der Waals surface area (Å²) in [4.78, 5) is 24.5. The minimum absolute atomic E-state index is 0.0305. The largest absolute Gasteiger partial charge is 0.342 e. The molecule has 27 heavy (non-hydrogen) atoms. The van der Waals surface area contributed by atoms with E-state index < -0.39 is 0 Å². The topological polar surface area (TPSA) is 74.8 Å². The second-order valence-corrected chi connectivity index (χ2v) is 7.23. The first kappa shape index (κ1) is 20.9. The van der Waals surface area contributed by atoms with Crippen molar-refractivity contribution < 1.29 is 14.9 Å². The van der Waals surface area contributed by atoms with Crippen molar-refractivity contribution in [3.63, 3.8) is 0 Å². The smallest absolute Gasteiger partial charge is 0.278 e. The van der Waals surface area contributed by atoms with Crippen LogP contribution in [0.15, 0.2) is 42.5 Å².